The van der Waals surface area contributed by atoms with E-state index in [1.807, 2.05) is 39.9 Å². The first kappa shape index (κ1) is 34.5. The van der Waals surface area contributed by atoms with E-state index >= 15 is 0 Å². The second-order valence-corrected chi connectivity index (χ2v) is 17.6. The number of rotatable bonds is 14. The molecular formula is C28H39N4O9PSi. The zero-order valence-electron chi connectivity index (χ0n) is 25.0. The Hall–Kier alpha value is -2.99. The number of aromatic nitrogens is 2. The number of hydrogen-bond donors (Lipinski definition) is 2. The molecule has 2 heterocycles. The van der Waals surface area contributed by atoms with E-state index in [9.17, 15) is 19.3 Å². The van der Waals surface area contributed by atoms with Crippen molar-refractivity contribution in [3.05, 3.63) is 71.3 Å². The molecule has 3 rings (SSSR count). The number of aliphatic hydroxyl groups excluding tert-OH is 1. The molecule has 5 atom stereocenters. The molecule has 1 aliphatic heterocycles. The Morgan fingerprint density at radius 1 is 1.26 bits per heavy atom. The molecule has 234 valence electrons. The van der Waals surface area contributed by atoms with Gasteiger partial charge in [0.15, 0.2) is 14.5 Å². The highest BCUT2D eigenvalue weighted by molar-refractivity contribution is 7.48. The quantitative estimate of drug-likeness (QED) is 0.131. The van der Waals surface area contributed by atoms with Crippen LogP contribution in [0.4, 0.5) is 5.82 Å². The molecule has 1 amide bonds. The monoisotopic (exact) mass is 634 g/mol. The minimum atomic E-state index is -4.32. The third-order valence-electron chi connectivity index (χ3n) is 7.15. The van der Waals surface area contributed by atoms with Gasteiger partial charge in [0.1, 0.15) is 24.1 Å². The summed E-state index contributed by atoms with van der Waals surface area (Å²) < 4.78 is 44.2. The van der Waals surface area contributed by atoms with Crippen LogP contribution in [0.3, 0.4) is 0 Å². The fourth-order valence-electron chi connectivity index (χ4n) is 3.90. The van der Waals surface area contributed by atoms with Gasteiger partial charge in [-0.05, 0) is 36.3 Å². The van der Waals surface area contributed by atoms with E-state index in [-0.39, 0.29) is 30.5 Å². The number of anilines is 1. The highest BCUT2D eigenvalue weighted by atomic mass is 31.2. The number of ether oxygens (including phenoxy) is 1. The maximum absolute atomic E-state index is 13.6. The minimum absolute atomic E-state index is 0.0229. The number of hydrogen-bond acceptors (Lipinski definition) is 11. The average Bonchev–Trinajstić information content (AvgIpc) is 3.27. The van der Waals surface area contributed by atoms with Crippen molar-refractivity contribution in [3.8, 4) is 6.07 Å². The van der Waals surface area contributed by atoms with E-state index in [0.29, 0.717) is 5.56 Å². The number of benzene rings is 1. The van der Waals surface area contributed by atoms with Crippen molar-refractivity contribution in [1.29, 1.82) is 5.26 Å². The fraction of sp³-hybridized carbons (Fsp3) is 0.500. The van der Waals surface area contributed by atoms with Crippen LogP contribution in [0.2, 0.25) is 18.1 Å². The molecule has 1 fully saturated rings. The molecule has 1 aromatic heterocycles. The average molecular weight is 635 g/mol. The minimum Gasteiger partial charge on any atom is -0.407 e. The zero-order valence-corrected chi connectivity index (χ0v) is 26.9. The lowest BCUT2D eigenvalue weighted by Crippen LogP contribution is -2.50. The first-order valence-corrected chi connectivity index (χ1v) is 18.1. The van der Waals surface area contributed by atoms with Crippen molar-refractivity contribution in [2.75, 3.05) is 25.1 Å². The van der Waals surface area contributed by atoms with Crippen LogP contribution in [0.5, 0.6) is 0 Å². The number of nitriles is 1. The molecule has 0 aliphatic carbocycles. The Bertz CT molecular complexity index is 1410. The van der Waals surface area contributed by atoms with Crippen molar-refractivity contribution in [3.63, 3.8) is 0 Å². The van der Waals surface area contributed by atoms with Crippen molar-refractivity contribution in [2.24, 2.45) is 0 Å². The second kappa shape index (κ2) is 14.7. The van der Waals surface area contributed by atoms with Gasteiger partial charge in [-0.25, -0.2) is 9.36 Å². The largest absolute Gasteiger partial charge is 0.475 e. The number of carbonyl (C=O) groups excluding carboxylic acids is 1. The topological polar surface area (TPSA) is 171 Å². The van der Waals surface area contributed by atoms with Crippen molar-refractivity contribution in [1.82, 2.24) is 9.55 Å². The molecule has 2 aromatic rings. The van der Waals surface area contributed by atoms with Crippen LogP contribution < -0.4 is 11.0 Å². The molecular weight excluding hydrogens is 595 g/mol. The Kier molecular flexibility index (Phi) is 11.8. The van der Waals surface area contributed by atoms with E-state index < -0.39 is 58.9 Å². The molecule has 1 aromatic carbocycles. The highest BCUT2D eigenvalue weighted by Crippen LogP contribution is 2.54. The summed E-state index contributed by atoms with van der Waals surface area (Å²) in [4.78, 5) is 29.9. The SMILES string of the molecule is C=CCOP(=O)(OCCC#N)O[C@H]1[C@@H](O[Si](C)(C)C(C)(C)C)[C@H](n2ccc(NC(=O)c3ccccc3)nc2=O)O[C@@H]1CO. The van der Waals surface area contributed by atoms with Gasteiger partial charge in [-0.1, -0.05) is 45.0 Å². The lowest BCUT2D eigenvalue weighted by Gasteiger charge is -2.40. The molecule has 2 N–H and O–H groups in total. The van der Waals surface area contributed by atoms with Crippen LogP contribution >= 0.6 is 7.82 Å². The van der Waals surface area contributed by atoms with E-state index in [1.165, 1.54) is 18.3 Å². The van der Waals surface area contributed by atoms with Crippen LogP contribution in [-0.2, 0) is 27.3 Å². The maximum atomic E-state index is 13.6. The molecule has 0 saturated carbocycles. The van der Waals surface area contributed by atoms with Crippen molar-refractivity contribution < 1.29 is 37.2 Å². The van der Waals surface area contributed by atoms with Gasteiger partial charge in [-0.3, -0.25) is 22.9 Å². The predicted octanol–water partition coefficient (Wildman–Crippen LogP) is 4.40. The summed E-state index contributed by atoms with van der Waals surface area (Å²) in [5, 5.41) is 21.5. The molecule has 1 saturated heterocycles. The molecule has 1 unspecified atom stereocenters. The maximum Gasteiger partial charge on any atom is 0.475 e. The van der Waals surface area contributed by atoms with Gasteiger partial charge in [0, 0.05) is 11.8 Å². The van der Waals surface area contributed by atoms with E-state index in [2.05, 4.69) is 16.9 Å². The molecule has 0 spiro atoms. The third kappa shape index (κ3) is 8.78. The summed E-state index contributed by atoms with van der Waals surface area (Å²) in [6.07, 6.45) is -1.89. The summed E-state index contributed by atoms with van der Waals surface area (Å²) in [6.45, 7) is 12.6. The lowest BCUT2D eigenvalue weighted by molar-refractivity contribution is -0.0537. The Balaban J connectivity index is 1.99. The molecule has 13 nitrogen and oxygen atoms in total. The van der Waals surface area contributed by atoms with Crippen molar-refractivity contribution >= 4 is 27.9 Å². The summed E-state index contributed by atoms with van der Waals surface area (Å²) in [5.41, 5.74) is -0.380. The van der Waals surface area contributed by atoms with Crippen LogP contribution in [0.15, 0.2) is 60.0 Å². The molecule has 0 radical (unpaired) electrons. The third-order valence-corrected chi connectivity index (χ3v) is 13.1. The standard InChI is InChI=1S/C28H39N4O9PSi/c1-7-17-37-42(36,38-18-11-15-29)40-23-21(19-33)39-26(24(23)41-43(5,6)28(2,3)4)32-16-14-22(31-27(32)35)30-25(34)20-12-9-8-10-13-20/h7-10,12-14,16,21,23-24,26,33H,1,11,17-19H2,2-6H3,(H,30,31,34,35)/t21-,23-,24-,26-,42?/m1/s1. The van der Waals surface area contributed by atoms with Gasteiger partial charge in [-0.2, -0.15) is 10.2 Å². The molecule has 43 heavy (non-hydrogen) atoms. The number of carbonyl (C=O) groups is 1. The Morgan fingerprint density at radius 2 is 1.95 bits per heavy atom. The Morgan fingerprint density at radius 3 is 2.53 bits per heavy atom. The fourth-order valence-corrected chi connectivity index (χ4v) is 6.53. The van der Waals surface area contributed by atoms with Gasteiger partial charge in [0.05, 0.1) is 32.3 Å². The number of aliphatic hydroxyl groups is 1. The van der Waals surface area contributed by atoms with Gasteiger partial charge in [-0.15, -0.1) is 6.58 Å². The first-order chi connectivity index (χ1) is 20.2. The van der Waals surface area contributed by atoms with E-state index in [1.54, 1.807) is 30.3 Å². The predicted molar refractivity (Wildman–Crippen MR) is 161 cm³/mol. The smallest absolute Gasteiger partial charge is 0.407 e. The molecule has 1 aliphatic rings. The van der Waals surface area contributed by atoms with E-state index in [4.69, 9.17) is 28.0 Å². The number of nitrogens with one attached hydrogen (secondary N) is 1. The zero-order chi connectivity index (χ0) is 31.8. The normalized spacial score (nSPS) is 22.0. The summed E-state index contributed by atoms with van der Waals surface area (Å²) in [6, 6.07) is 11.8. The van der Waals surface area contributed by atoms with Crippen molar-refractivity contribution in [2.45, 2.75) is 69.9 Å². The van der Waals surface area contributed by atoms with E-state index in [0.717, 1.165) is 4.57 Å². The van der Waals surface area contributed by atoms with Crippen LogP contribution in [-0.4, -0.2) is 67.0 Å². The number of phosphoric acid groups is 1. The van der Waals surface area contributed by atoms with Gasteiger partial charge >= 0.3 is 13.5 Å². The molecule has 0 bridgehead atoms. The first-order valence-electron chi connectivity index (χ1n) is 13.7. The lowest BCUT2D eigenvalue weighted by atomic mass is 10.1. The number of amides is 1. The van der Waals surface area contributed by atoms with Gasteiger partial charge in [0.2, 0.25) is 0 Å². The summed E-state index contributed by atoms with van der Waals surface area (Å²) in [5.74, 6) is -0.420. The highest BCUT2D eigenvalue weighted by Gasteiger charge is 2.54. The summed E-state index contributed by atoms with van der Waals surface area (Å²) in [7, 11) is -6.93. The van der Waals surface area contributed by atoms with Crippen LogP contribution in [0, 0.1) is 11.3 Å². The van der Waals surface area contributed by atoms with Crippen LogP contribution in [0.25, 0.3) is 0 Å². The van der Waals surface area contributed by atoms with Crippen LogP contribution in [0.1, 0.15) is 43.8 Å². The molecule has 15 heteroatoms. The Labute approximate surface area is 252 Å². The number of phosphoric ester groups is 1. The second-order valence-electron chi connectivity index (χ2n) is 11.3. The summed E-state index contributed by atoms with van der Waals surface area (Å²) >= 11 is 0. The van der Waals surface area contributed by atoms with Gasteiger partial charge < -0.3 is 19.6 Å². The number of nitrogens with zero attached hydrogens (tertiary/aromatic N) is 3. The van der Waals surface area contributed by atoms with Gasteiger partial charge in [0.25, 0.3) is 5.91 Å².